The Labute approximate surface area is 199 Å². The third-order valence-corrected chi connectivity index (χ3v) is 5.66. The van der Waals surface area contributed by atoms with Gasteiger partial charge in [0.2, 0.25) is 5.88 Å². The fourth-order valence-electron chi connectivity index (χ4n) is 4.12. The van der Waals surface area contributed by atoms with E-state index in [9.17, 15) is 14.9 Å². The van der Waals surface area contributed by atoms with Crippen molar-refractivity contribution in [3.63, 3.8) is 0 Å². The van der Waals surface area contributed by atoms with Crippen molar-refractivity contribution in [3.05, 3.63) is 87.5 Å². The van der Waals surface area contributed by atoms with Gasteiger partial charge in [-0.1, -0.05) is 30.3 Å². The summed E-state index contributed by atoms with van der Waals surface area (Å²) in [4.78, 5) is 32.5. The molecule has 0 spiro atoms. The molecule has 12 nitrogen and oxygen atoms in total. The van der Waals surface area contributed by atoms with Gasteiger partial charge >= 0.3 is 11.7 Å². The zero-order chi connectivity index (χ0) is 24.5. The minimum Gasteiger partial charge on any atom is -0.463 e. The van der Waals surface area contributed by atoms with Crippen LogP contribution in [0.2, 0.25) is 0 Å². The molecule has 1 aliphatic heterocycles. The van der Waals surface area contributed by atoms with Gasteiger partial charge in [-0.15, -0.1) is 5.10 Å². The molecular formula is C23H21N7O5. The van der Waals surface area contributed by atoms with Crippen LogP contribution in [0.5, 0.6) is 5.88 Å². The molecule has 12 heteroatoms. The summed E-state index contributed by atoms with van der Waals surface area (Å²) in [6, 6.07) is 9.55. The lowest BCUT2D eigenvalue weighted by atomic mass is 9.83. The highest BCUT2D eigenvalue weighted by molar-refractivity contribution is 5.93. The third-order valence-electron chi connectivity index (χ3n) is 5.66. The van der Waals surface area contributed by atoms with Gasteiger partial charge in [-0.2, -0.15) is 5.10 Å². The van der Waals surface area contributed by atoms with Gasteiger partial charge in [-0.3, -0.25) is 14.8 Å². The zero-order valence-electron chi connectivity index (χ0n) is 19.0. The first-order valence-corrected chi connectivity index (χ1v) is 11.0. The predicted molar refractivity (Wildman–Crippen MR) is 122 cm³/mol. The van der Waals surface area contributed by atoms with Gasteiger partial charge in [0.05, 0.1) is 28.6 Å². The molecule has 0 aliphatic carbocycles. The maximum Gasteiger partial charge on any atom is 0.338 e. The smallest absolute Gasteiger partial charge is 0.338 e. The Kier molecular flexibility index (Phi) is 5.69. The van der Waals surface area contributed by atoms with Crippen LogP contribution in [0.15, 0.2) is 60.4 Å². The number of aromatic nitrogens is 6. The summed E-state index contributed by atoms with van der Waals surface area (Å²) in [5.74, 6) is 0.280. The zero-order valence-corrected chi connectivity index (χ0v) is 19.0. The molecule has 178 valence electrons. The molecule has 0 N–H and O–H groups in total. The topological polar surface area (TPSA) is 140 Å². The molecule has 0 saturated heterocycles. The Hall–Kier alpha value is -4.61. The first kappa shape index (κ1) is 22.2. The normalized spacial score (nSPS) is 15.1. The summed E-state index contributed by atoms with van der Waals surface area (Å²) in [5.41, 5.74) is 2.28. The summed E-state index contributed by atoms with van der Waals surface area (Å²) in [5, 5.41) is 19.4. The van der Waals surface area contributed by atoms with Crippen LogP contribution in [-0.4, -0.2) is 46.9 Å². The van der Waals surface area contributed by atoms with Gasteiger partial charge < -0.3 is 9.47 Å². The number of carbonyl (C=O) groups excluding carboxylic acids is 1. The number of nitro groups is 1. The molecule has 5 rings (SSSR count). The second kappa shape index (κ2) is 8.97. The van der Waals surface area contributed by atoms with Crippen LogP contribution in [0.4, 0.5) is 5.69 Å². The highest BCUT2D eigenvalue weighted by Crippen LogP contribution is 2.44. The molecule has 0 saturated carbocycles. The first-order valence-electron chi connectivity index (χ1n) is 11.0. The van der Waals surface area contributed by atoms with Crippen LogP contribution in [0, 0.1) is 10.1 Å². The fourth-order valence-corrected chi connectivity index (χ4v) is 4.12. The van der Waals surface area contributed by atoms with Gasteiger partial charge in [0.25, 0.3) is 0 Å². The Morgan fingerprint density at radius 1 is 1.29 bits per heavy atom. The maximum absolute atomic E-state index is 13.0. The van der Waals surface area contributed by atoms with E-state index in [2.05, 4.69) is 15.2 Å². The summed E-state index contributed by atoms with van der Waals surface area (Å²) in [6.07, 6.45) is 4.45. The average molecular weight is 475 g/mol. The molecule has 0 fully saturated rings. The number of rotatable bonds is 7. The summed E-state index contributed by atoms with van der Waals surface area (Å²) < 4.78 is 14.3. The van der Waals surface area contributed by atoms with Crippen LogP contribution in [-0.2, 0) is 22.5 Å². The Balaban J connectivity index is 1.56. The van der Waals surface area contributed by atoms with Crippen molar-refractivity contribution in [2.24, 2.45) is 0 Å². The van der Waals surface area contributed by atoms with Crippen molar-refractivity contribution >= 4 is 17.3 Å². The lowest BCUT2D eigenvalue weighted by molar-refractivity contribution is -0.385. The van der Waals surface area contributed by atoms with Gasteiger partial charge in [-0.05, 0) is 19.4 Å². The Morgan fingerprint density at radius 3 is 2.80 bits per heavy atom. The number of hydrogen-bond donors (Lipinski definition) is 0. The molecule has 4 heterocycles. The van der Waals surface area contributed by atoms with Crippen LogP contribution < -0.4 is 4.74 Å². The van der Waals surface area contributed by atoms with Crippen molar-refractivity contribution < 1.29 is 19.2 Å². The first-order chi connectivity index (χ1) is 17.0. The van der Waals surface area contributed by atoms with Gasteiger partial charge in [-0.25, -0.2) is 19.3 Å². The van der Waals surface area contributed by atoms with E-state index in [-0.39, 0.29) is 12.3 Å². The maximum atomic E-state index is 13.0. The quantitative estimate of drug-likeness (QED) is 0.224. The van der Waals surface area contributed by atoms with Crippen LogP contribution >= 0.6 is 0 Å². The molecule has 1 aromatic carbocycles. The monoisotopic (exact) mass is 475 g/mol. The minimum absolute atomic E-state index is 0.0808. The molecule has 4 aromatic rings. The highest BCUT2D eigenvalue weighted by atomic mass is 16.6. The number of ether oxygens (including phenoxy) is 2. The minimum atomic E-state index is -0.513. The van der Waals surface area contributed by atoms with E-state index in [0.29, 0.717) is 47.2 Å². The summed E-state index contributed by atoms with van der Waals surface area (Å²) in [7, 11) is 0. The SMILES string of the molecule is CCOC(=O)C1=C(C)Oc2ncn3nc(CCn4cc([N+](=O)[O-])cn4)nc3c2[C@H]1c1ccccc1. The van der Waals surface area contributed by atoms with Crippen molar-refractivity contribution in [1.82, 2.24) is 29.4 Å². The summed E-state index contributed by atoms with van der Waals surface area (Å²) in [6.45, 7) is 4.05. The van der Waals surface area contributed by atoms with E-state index in [0.717, 1.165) is 5.56 Å². The van der Waals surface area contributed by atoms with Crippen molar-refractivity contribution in [2.45, 2.75) is 32.7 Å². The van der Waals surface area contributed by atoms with Gasteiger partial charge in [0, 0.05) is 13.0 Å². The third kappa shape index (κ3) is 4.09. The lowest BCUT2D eigenvalue weighted by Crippen LogP contribution is -2.24. The predicted octanol–water partition coefficient (Wildman–Crippen LogP) is 2.83. The van der Waals surface area contributed by atoms with Crippen molar-refractivity contribution in [2.75, 3.05) is 6.61 Å². The average Bonchev–Trinajstić information content (AvgIpc) is 3.49. The number of fused-ring (bicyclic) bond motifs is 3. The number of hydrogen-bond acceptors (Lipinski definition) is 9. The van der Waals surface area contributed by atoms with Crippen LogP contribution in [0.1, 0.15) is 36.7 Å². The Morgan fingerprint density at radius 2 is 2.09 bits per heavy atom. The number of benzene rings is 1. The number of aryl methyl sites for hydroxylation is 2. The molecule has 35 heavy (non-hydrogen) atoms. The van der Waals surface area contributed by atoms with Gasteiger partial charge in [0.15, 0.2) is 11.5 Å². The van der Waals surface area contributed by atoms with E-state index in [1.807, 2.05) is 30.3 Å². The molecule has 0 amide bonds. The highest BCUT2D eigenvalue weighted by Gasteiger charge is 2.38. The molecule has 1 aliphatic rings. The van der Waals surface area contributed by atoms with Crippen molar-refractivity contribution in [3.8, 4) is 5.88 Å². The van der Waals surface area contributed by atoms with Crippen LogP contribution in [0.25, 0.3) is 5.65 Å². The second-order valence-corrected chi connectivity index (χ2v) is 7.86. The Bertz CT molecular complexity index is 1460. The second-order valence-electron chi connectivity index (χ2n) is 7.86. The number of nitrogens with zero attached hydrogens (tertiary/aromatic N) is 7. The molecule has 1 atom stereocenters. The van der Waals surface area contributed by atoms with E-state index < -0.39 is 16.8 Å². The molecule has 0 bridgehead atoms. The molecular weight excluding hydrogens is 454 g/mol. The fraction of sp³-hybridized carbons (Fsp3) is 0.261. The van der Waals surface area contributed by atoms with E-state index in [1.54, 1.807) is 18.4 Å². The number of carbonyl (C=O) groups is 1. The molecule has 0 radical (unpaired) electrons. The summed E-state index contributed by atoms with van der Waals surface area (Å²) >= 11 is 0. The van der Waals surface area contributed by atoms with Crippen molar-refractivity contribution in [1.29, 1.82) is 0 Å². The van der Waals surface area contributed by atoms with E-state index in [4.69, 9.17) is 14.5 Å². The number of allylic oxidation sites excluding steroid dienone is 1. The molecule has 0 unspecified atom stereocenters. The number of esters is 1. The standard InChI is InChI=1S/C23H21N7O5/c1-3-34-23(31)18-14(2)35-22-20(19(18)15-7-5-4-6-8-15)21-26-17(27-29(21)13-24-22)9-10-28-12-16(11-25-28)30(32)33/h4-8,11-13,19H,3,9-10H2,1-2H3/t19-/m0/s1. The lowest BCUT2D eigenvalue weighted by Gasteiger charge is -2.28. The van der Waals surface area contributed by atoms with E-state index in [1.165, 1.54) is 23.4 Å². The van der Waals surface area contributed by atoms with Gasteiger partial charge in [0.1, 0.15) is 24.5 Å². The van der Waals surface area contributed by atoms with E-state index >= 15 is 0 Å². The van der Waals surface area contributed by atoms with Crippen LogP contribution in [0.3, 0.4) is 0 Å². The molecule has 3 aromatic heterocycles. The largest absolute Gasteiger partial charge is 0.463 e.